The largest absolute Gasteiger partial charge is 0.493 e. The third kappa shape index (κ3) is 10.4. The smallest absolute Gasteiger partial charge is 0.133 e. The fraction of sp³-hybridized carbons (Fsp3) is 0.588. The van der Waals surface area contributed by atoms with Gasteiger partial charge in [-0.1, -0.05) is 91.1 Å². The summed E-state index contributed by atoms with van der Waals surface area (Å²) >= 11 is 0. The molecule has 1 aromatic carbocycles. The third-order valence-electron chi connectivity index (χ3n) is 7.02. The summed E-state index contributed by atoms with van der Waals surface area (Å²) in [5.41, 5.74) is 6.29. The van der Waals surface area contributed by atoms with Crippen molar-refractivity contribution in [3.63, 3.8) is 0 Å². The monoisotopic (exact) mass is 492 g/mol. The molecule has 0 aliphatic heterocycles. The lowest BCUT2D eigenvalue weighted by Gasteiger charge is -2.16. The van der Waals surface area contributed by atoms with E-state index in [0.29, 0.717) is 0 Å². The molecule has 0 N–H and O–H groups in total. The quantitative estimate of drug-likeness (QED) is 0.152. The summed E-state index contributed by atoms with van der Waals surface area (Å²) in [6.07, 6.45) is 21.2. The van der Waals surface area contributed by atoms with E-state index in [1.54, 1.807) is 0 Å². The number of allylic oxidation sites excluding steroid dienone is 4. The first kappa shape index (κ1) is 30.0. The van der Waals surface area contributed by atoms with Crippen LogP contribution in [0.4, 0.5) is 0 Å². The van der Waals surface area contributed by atoms with Crippen LogP contribution in [-0.2, 0) is 6.42 Å². The molecular formula is C34H52O2. The van der Waals surface area contributed by atoms with Gasteiger partial charge < -0.3 is 9.15 Å². The number of hydrogen-bond donors (Lipinski definition) is 0. The van der Waals surface area contributed by atoms with Crippen molar-refractivity contribution in [3.8, 4) is 5.75 Å². The second-order valence-electron chi connectivity index (χ2n) is 10.3. The molecular weight excluding hydrogens is 440 g/mol. The van der Waals surface area contributed by atoms with Crippen LogP contribution in [0, 0.1) is 13.8 Å². The first-order valence-electron chi connectivity index (χ1n) is 14.7. The molecule has 0 spiro atoms. The zero-order valence-electron chi connectivity index (χ0n) is 24.2. The summed E-state index contributed by atoms with van der Waals surface area (Å²) in [4.78, 5) is 0. The van der Waals surface area contributed by atoms with Crippen molar-refractivity contribution in [2.45, 2.75) is 125 Å². The SMILES string of the molecule is CCC/C=C(/C=C(/C)c1cc(CC)c(OCCCCCCCCCCCC)cc1C)c1ccc(C)o1. The van der Waals surface area contributed by atoms with Crippen molar-refractivity contribution >= 4 is 11.1 Å². The predicted octanol–water partition coefficient (Wildman–Crippen LogP) is 11.0. The molecule has 0 amide bonds. The average molecular weight is 493 g/mol. The molecule has 0 aliphatic carbocycles. The molecule has 2 heteroatoms. The zero-order chi connectivity index (χ0) is 26.2. The average Bonchev–Trinajstić information content (AvgIpc) is 3.31. The maximum absolute atomic E-state index is 6.28. The molecule has 0 radical (unpaired) electrons. The second-order valence-corrected chi connectivity index (χ2v) is 10.3. The number of furan rings is 1. The van der Waals surface area contributed by atoms with E-state index in [9.17, 15) is 0 Å². The molecule has 2 aromatic rings. The summed E-state index contributed by atoms with van der Waals surface area (Å²) in [6, 6.07) is 8.70. The van der Waals surface area contributed by atoms with Crippen molar-refractivity contribution in [3.05, 3.63) is 64.6 Å². The van der Waals surface area contributed by atoms with E-state index >= 15 is 0 Å². The normalized spacial score (nSPS) is 12.4. The minimum absolute atomic E-state index is 0.818. The summed E-state index contributed by atoms with van der Waals surface area (Å²) in [7, 11) is 0. The van der Waals surface area contributed by atoms with E-state index in [2.05, 4.69) is 65.0 Å². The van der Waals surface area contributed by atoms with Gasteiger partial charge in [-0.3, -0.25) is 0 Å². The molecule has 0 saturated carbocycles. The predicted molar refractivity (Wildman–Crippen MR) is 158 cm³/mol. The highest BCUT2D eigenvalue weighted by atomic mass is 16.5. The first-order valence-corrected chi connectivity index (χ1v) is 14.7. The van der Waals surface area contributed by atoms with Gasteiger partial charge in [0.2, 0.25) is 0 Å². The van der Waals surface area contributed by atoms with Crippen molar-refractivity contribution in [2.24, 2.45) is 0 Å². The lowest BCUT2D eigenvalue weighted by Crippen LogP contribution is -2.02. The van der Waals surface area contributed by atoms with E-state index in [-0.39, 0.29) is 0 Å². The van der Waals surface area contributed by atoms with Gasteiger partial charge in [0.05, 0.1) is 6.61 Å². The minimum Gasteiger partial charge on any atom is -0.493 e. The lowest BCUT2D eigenvalue weighted by molar-refractivity contribution is 0.301. The van der Waals surface area contributed by atoms with E-state index in [1.807, 2.05) is 13.0 Å². The Hall–Kier alpha value is -2.22. The Morgan fingerprint density at radius 3 is 2.08 bits per heavy atom. The number of unbranched alkanes of at least 4 members (excludes halogenated alkanes) is 10. The third-order valence-corrected chi connectivity index (χ3v) is 7.02. The van der Waals surface area contributed by atoms with Gasteiger partial charge in [-0.25, -0.2) is 0 Å². The van der Waals surface area contributed by atoms with E-state index in [1.165, 1.54) is 85.6 Å². The van der Waals surface area contributed by atoms with Crippen LogP contribution in [0.2, 0.25) is 0 Å². The van der Waals surface area contributed by atoms with E-state index < -0.39 is 0 Å². The Morgan fingerprint density at radius 1 is 0.833 bits per heavy atom. The van der Waals surface area contributed by atoms with E-state index in [4.69, 9.17) is 9.15 Å². The fourth-order valence-corrected chi connectivity index (χ4v) is 4.76. The number of rotatable bonds is 18. The molecule has 36 heavy (non-hydrogen) atoms. The minimum atomic E-state index is 0.818. The number of benzene rings is 1. The van der Waals surface area contributed by atoms with Crippen LogP contribution in [0.1, 0.15) is 133 Å². The van der Waals surface area contributed by atoms with Crippen molar-refractivity contribution in [1.29, 1.82) is 0 Å². The molecule has 0 aliphatic rings. The van der Waals surface area contributed by atoms with Crippen LogP contribution in [0.3, 0.4) is 0 Å². The van der Waals surface area contributed by atoms with Gasteiger partial charge in [-0.05, 0) is 92.6 Å². The number of hydrogen-bond acceptors (Lipinski definition) is 2. The maximum Gasteiger partial charge on any atom is 0.133 e. The first-order chi connectivity index (χ1) is 17.5. The van der Waals surface area contributed by atoms with Crippen molar-refractivity contribution in [2.75, 3.05) is 6.61 Å². The maximum atomic E-state index is 6.28. The molecule has 1 aromatic heterocycles. The van der Waals surface area contributed by atoms with Crippen LogP contribution in [0.15, 0.2) is 40.8 Å². The van der Waals surface area contributed by atoms with Crippen molar-refractivity contribution in [1.82, 2.24) is 0 Å². The van der Waals surface area contributed by atoms with Crippen LogP contribution < -0.4 is 4.74 Å². The Morgan fingerprint density at radius 2 is 1.50 bits per heavy atom. The fourth-order valence-electron chi connectivity index (χ4n) is 4.76. The molecule has 0 fully saturated rings. The highest BCUT2D eigenvalue weighted by molar-refractivity contribution is 5.82. The van der Waals surface area contributed by atoms with Gasteiger partial charge in [0.15, 0.2) is 0 Å². The molecule has 0 unspecified atom stereocenters. The summed E-state index contributed by atoms with van der Waals surface area (Å²) in [5.74, 6) is 2.96. The summed E-state index contributed by atoms with van der Waals surface area (Å²) in [5, 5.41) is 0. The van der Waals surface area contributed by atoms with Gasteiger partial charge in [-0.2, -0.15) is 0 Å². The molecule has 0 bridgehead atoms. The molecule has 2 rings (SSSR count). The molecule has 200 valence electrons. The van der Waals surface area contributed by atoms with E-state index in [0.717, 1.165) is 49.6 Å². The van der Waals surface area contributed by atoms with Gasteiger partial charge >= 0.3 is 0 Å². The standard InChI is InChI=1S/C34H52O2/c1-7-10-12-13-14-15-16-17-18-19-23-35-34-25-28(5)32(26-30(34)9-3)27(4)24-31(20-11-8-2)33-22-21-29(6)36-33/h20-22,24-26H,7-19,23H2,1-6H3/b27-24-,31-20-. The van der Waals surface area contributed by atoms with Crippen LogP contribution in [0.25, 0.3) is 11.1 Å². The number of ether oxygens (including phenoxy) is 1. The topological polar surface area (TPSA) is 22.4 Å². The second kappa shape index (κ2) is 17.3. The van der Waals surface area contributed by atoms with Gasteiger partial charge in [0, 0.05) is 5.57 Å². The highest BCUT2D eigenvalue weighted by Gasteiger charge is 2.11. The Bertz CT molecular complexity index is 944. The number of aryl methyl sites for hydroxylation is 3. The van der Waals surface area contributed by atoms with Crippen molar-refractivity contribution < 1.29 is 9.15 Å². The van der Waals surface area contributed by atoms with Gasteiger partial charge in [0.25, 0.3) is 0 Å². The Kier molecular flexibility index (Phi) is 14.4. The Balaban J connectivity index is 1.94. The Labute approximate surface area is 222 Å². The van der Waals surface area contributed by atoms with Crippen LogP contribution >= 0.6 is 0 Å². The van der Waals surface area contributed by atoms with Gasteiger partial charge in [0.1, 0.15) is 17.3 Å². The molecule has 1 heterocycles. The summed E-state index contributed by atoms with van der Waals surface area (Å²) < 4.78 is 12.2. The summed E-state index contributed by atoms with van der Waals surface area (Å²) in [6.45, 7) is 13.9. The van der Waals surface area contributed by atoms with Crippen LogP contribution in [-0.4, -0.2) is 6.61 Å². The zero-order valence-corrected chi connectivity index (χ0v) is 24.2. The lowest BCUT2D eigenvalue weighted by atomic mass is 9.95. The molecule has 2 nitrogen and oxygen atoms in total. The van der Waals surface area contributed by atoms with Gasteiger partial charge in [-0.15, -0.1) is 0 Å². The molecule has 0 saturated heterocycles. The molecule has 0 atom stereocenters. The highest BCUT2D eigenvalue weighted by Crippen LogP contribution is 2.31. The van der Waals surface area contributed by atoms with Crippen LogP contribution in [0.5, 0.6) is 5.75 Å².